The van der Waals surface area contributed by atoms with E-state index in [4.69, 9.17) is 14.5 Å². The van der Waals surface area contributed by atoms with Gasteiger partial charge >= 0.3 is 0 Å². The van der Waals surface area contributed by atoms with Gasteiger partial charge in [0.15, 0.2) is 0 Å². The normalized spacial score (nSPS) is 16.4. The highest BCUT2D eigenvalue weighted by atomic mass is 16.5. The fourth-order valence-corrected chi connectivity index (χ4v) is 6.03. The number of anilines is 4. The number of hydrogen-bond donors (Lipinski definition) is 2. The number of para-hydroxylation sites is 1. The molecular formula is C32H37N7O3. The van der Waals surface area contributed by atoms with Gasteiger partial charge in [0.05, 0.1) is 43.1 Å². The van der Waals surface area contributed by atoms with Crippen molar-refractivity contribution in [1.29, 1.82) is 0 Å². The van der Waals surface area contributed by atoms with Crippen LogP contribution in [0.3, 0.4) is 0 Å². The van der Waals surface area contributed by atoms with Gasteiger partial charge in [-0.05, 0) is 37.1 Å². The van der Waals surface area contributed by atoms with E-state index in [2.05, 4.69) is 54.9 Å². The Bertz CT molecular complexity index is 1590. The van der Waals surface area contributed by atoms with Gasteiger partial charge in [-0.2, -0.15) is 0 Å². The smallest absolute Gasteiger partial charge is 0.247 e. The molecule has 2 saturated heterocycles. The zero-order valence-electron chi connectivity index (χ0n) is 24.2. The number of hydrogen-bond acceptors (Lipinski definition) is 8. The number of carbonyl (C=O) groups is 1. The summed E-state index contributed by atoms with van der Waals surface area (Å²) >= 11 is 0. The first-order valence-corrected chi connectivity index (χ1v) is 14.4. The van der Waals surface area contributed by atoms with Crippen LogP contribution >= 0.6 is 0 Å². The number of benzene rings is 2. The predicted octanol–water partition coefficient (Wildman–Crippen LogP) is 4.81. The predicted molar refractivity (Wildman–Crippen MR) is 167 cm³/mol. The van der Waals surface area contributed by atoms with Gasteiger partial charge in [-0.15, -0.1) is 0 Å². The van der Waals surface area contributed by atoms with Crippen molar-refractivity contribution in [3.8, 4) is 17.0 Å². The van der Waals surface area contributed by atoms with Crippen molar-refractivity contribution in [2.75, 3.05) is 62.0 Å². The topological polar surface area (TPSA) is 96.8 Å². The largest absolute Gasteiger partial charge is 0.494 e. The SMILES string of the molecule is C=CC(=O)Nc1cc(Nc2nccc(-c3cn(C)c4ccccc34)n2)c(OC)cc1N1CCC(N2CCOCC2)CC1. The lowest BCUT2D eigenvalue weighted by molar-refractivity contribution is -0.111. The first kappa shape index (κ1) is 27.7. The van der Waals surface area contributed by atoms with Crippen molar-refractivity contribution >= 4 is 39.8 Å². The number of fused-ring (bicyclic) bond motifs is 1. The molecule has 0 saturated carbocycles. The third-order valence-electron chi connectivity index (χ3n) is 8.20. The molecule has 10 heteroatoms. The Balaban J connectivity index is 1.28. The summed E-state index contributed by atoms with van der Waals surface area (Å²) in [6, 6.07) is 14.6. The van der Waals surface area contributed by atoms with Crippen LogP contribution in [0.4, 0.5) is 23.0 Å². The molecule has 42 heavy (non-hydrogen) atoms. The minimum atomic E-state index is -0.273. The molecule has 0 unspecified atom stereocenters. The van der Waals surface area contributed by atoms with Crippen LogP contribution in [0.2, 0.25) is 0 Å². The molecule has 2 aromatic heterocycles. The number of morpholine rings is 1. The van der Waals surface area contributed by atoms with Crippen LogP contribution in [-0.4, -0.2) is 77.9 Å². The van der Waals surface area contributed by atoms with Crippen molar-refractivity contribution in [2.45, 2.75) is 18.9 Å². The molecule has 0 radical (unpaired) electrons. The molecule has 218 valence electrons. The molecule has 2 fully saturated rings. The summed E-state index contributed by atoms with van der Waals surface area (Å²) in [5.74, 6) is 0.791. The Morgan fingerprint density at radius 2 is 1.88 bits per heavy atom. The molecule has 2 aliphatic rings. The fraction of sp³-hybridized carbons (Fsp3) is 0.344. The van der Waals surface area contributed by atoms with E-state index in [9.17, 15) is 4.79 Å². The summed E-state index contributed by atoms with van der Waals surface area (Å²) in [5, 5.41) is 7.46. The van der Waals surface area contributed by atoms with E-state index in [1.165, 1.54) is 6.08 Å². The van der Waals surface area contributed by atoms with Crippen LogP contribution in [0.15, 0.2) is 67.5 Å². The van der Waals surface area contributed by atoms with Gasteiger partial charge in [-0.3, -0.25) is 9.69 Å². The molecule has 2 N–H and O–H groups in total. The number of nitrogens with one attached hydrogen (secondary N) is 2. The zero-order chi connectivity index (χ0) is 29.1. The average Bonchev–Trinajstić information content (AvgIpc) is 3.38. The lowest BCUT2D eigenvalue weighted by Gasteiger charge is -2.41. The van der Waals surface area contributed by atoms with E-state index in [-0.39, 0.29) is 5.91 Å². The van der Waals surface area contributed by atoms with E-state index in [0.29, 0.717) is 29.1 Å². The van der Waals surface area contributed by atoms with Crippen molar-refractivity contribution in [2.24, 2.45) is 7.05 Å². The van der Waals surface area contributed by atoms with Crippen molar-refractivity contribution in [3.05, 3.63) is 67.5 Å². The maximum Gasteiger partial charge on any atom is 0.247 e. The van der Waals surface area contributed by atoms with Crippen molar-refractivity contribution in [3.63, 3.8) is 0 Å². The van der Waals surface area contributed by atoms with Crippen molar-refractivity contribution < 1.29 is 14.3 Å². The van der Waals surface area contributed by atoms with E-state index >= 15 is 0 Å². The monoisotopic (exact) mass is 567 g/mol. The van der Waals surface area contributed by atoms with Crippen LogP contribution in [-0.2, 0) is 16.6 Å². The van der Waals surface area contributed by atoms with Gasteiger partial charge < -0.3 is 29.6 Å². The van der Waals surface area contributed by atoms with Gasteiger partial charge in [0.2, 0.25) is 11.9 Å². The summed E-state index contributed by atoms with van der Waals surface area (Å²) in [6.07, 6.45) is 7.20. The first-order valence-electron chi connectivity index (χ1n) is 14.4. The number of nitrogens with zero attached hydrogens (tertiary/aromatic N) is 5. The Kier molecular flexibility index (Phi) is 8.07. The lowest BCUT2D eigenvalue weighted by Crippen LogP contribution is -2.49. The van der Waals surface area contributed by atoms with Crippen LogP contribution < -0.4 is 20.3 Å². The molecular weight excluding hydrogens is 530 g/mol. The molecule has 0 bridgehead atoms. The zero-order valence-corrected chi connectivity index (χ0v) is 24.2. The molecule has 0 spiro atoms. The third kappa shape index (κ3) is 5.68. The number of carbonyl (C=O) groups excluding carboxylic acids is 1. The summed E-state index contributed by atoms with van der Waals surface area (Å²) in [5.41, 5.74) is 5.22. The standard InChI is InChI=1S/C32H37N7O3/c1-4-31(40)34-26-19-27(30(41-3)20-29(26)39-13-10-22(11-14-39)38-15-17-42-18-16-38)36-32-33-12-9-25(35-32)24-21-37(2)28-8-6-5-7-23(24)28/h4-9,12,19-22H,1,10-11,13-18H2,2-3H3,(H,34,40)(H,33,35,36). The summed E-state index contributed by atoms with van der Waals surface area (Å²) in [4.78, 5) is 26.6. The van der Waals surface area contributed by atoms with Gasteiger partial charge in [-0.1, -0.05) is 24.8 Å². The average molecular weight is 568 g/mol. The Hall–Kier alpha value is -4.41. The number of piperidine rings is 1. The van der Waals surface area contributed by atoms with Crippen LogP contribution in [0.5, 0.6) is 5.75 Å². The Morgan fingerprint density at radius 3 is 2.64 bits per heavy atom. The maximum absolute atomic E-state index is 12.5. The van der Waals surface area contributed by atoms with Gasteiger partial charge in [0.25, 0.3) is 0 Å². The number of rotatable bonds is 8. The Morgan fingerprint density at radius 1 is 1.10 bits per heavy atom. The molecule has 0 aliphatic carbocycles. The molecule has 2 aromatic carbocycles. The Labute approximate surface area is 246 Å². The van der Waals surface area contributed by atoms with E-state index in [0.717, 1.165) is 80.1 Å². The molecule has 4 aromatic rings. The van der Waals surface area contributed by atoms with E-state index in [1.54, 1.807) is 13.3 Å². The number of ether oxygens (including phenoxy) is 2. The number of aromatic nitrogens is 3. The summed E-state index contributed by atoms with van der Waals surface area (Å²) in [7, 11) is 3.67. The summed E-state index contributed by atoms with van der Waals surface area (Å²) < 4.78 is 13.5. The fourth-order valence-electron chi connectivity index (χ4n) is 6.03. The molecule has 10 nitrogen and oxygen atoms in total. The number of amides is 1. The quantitative estimate of drug-likeness (QED) is 0.293. The highest BCUT2D eigenvalue weighted by Crippen LogP contribution is 2.40. The highest BCUT2D eigenvalue weighted by Gasteiger charge is 2.28. The van der Waals surface area contributed by atoms with Gasteiger partial charge in [0.1, 0.15) is 5.75 Å². The minimum Gasteiger partial charge on any atom is -0.494 e. The molecule has 4 heterocycles. The van der Waals surface area contributed by atoms with Crippen LogP contribution in [0.1, 0.15) is 12.8 Å². The lowest BCUT2D eigenvalue weighted by atomic mass is 10.0. The van der Waals surface area contributed by atoms with E-state index < -0.39 is 0 Å². The first-order chi connectivity index (χ1) is 20.5. The van der Waals surface area contributed by atoms with Crippen LogP contribution in [0, 0.1) is 0 Å². The third-order valence-corrected chi connectivity index (χ3v) is 8.20. The second kappa shape index (κ2) is 12.2. The second-order valence-electron chi connectivity index (χ2n) is 10.7. The van der Waals surface area contributed by atoms with Crippen molar-refractivity contribution in [1.82, 2.24) is 19.4 Å². The molecule has 6 rings (SSSR count). The molecule has 2 aliphatic heterocycles. The molecule has 0 atom stereocenters. The summed E-state index contributed by atoms with van der Waals surface area (Å²) in [6.45, 7) is 8.99. The highest BCUT2D eigenvalue weighted by molar-refractivity contribution is 6.02. The number of methoxy groups -OCH3 is 1. The van der Waals surface area contributed by atoms with Crippen LogP contribution in [0.25, 0.3) is 22.2 Å². The van der Waals surface area contributed by atoms with E-state index in [1.807, 2.05) is 37.4 Å². The van der Waals surface area contributed by atoms with Gasteiger partial charge in [0, 0.05) is 74.2 Å². The maximum atomic E-state index is 12.5. The number of aryl methyl sites for hydroxylation is 1. The molecule has 1 amide bonds. The van der Waals surface area contributed by atoms with Gasteiger partial charge in [-0.25, -0.2) is 9.97 Å². The second-order valence-corrected chi connectivity index (χ2v) is 10.7. The minimum absolute atomic E-state index is 0.273.